The molecule has 1 rings (SSSR count). The number of likely N-dealkylation sites (tertiary alicyclic amines) is 1. The lowest BCUT2D eigenvalue weighted by molar-refractivity contribution is 0.446. The normalized spacial score (nSPS) is 17.6. The second kappa shape index (κ2) is 3.19. The van der Waals surface area contributed by atoms with Crippen LogP contribution in [0.15, 0.2) is 0 Å². The standard InChI is InChI=1S/C7H14N2S/c1-8(2)7(10)9-5-3-4-6-9/h3-6H2,1-2H3. The Balaban J connectivity index is 2.40. The summed E-state index contributed by atoms with van der Waals surface area (Å²) in [6.07, 6.45) is 2.60. The minimum atomic E-state index is 0.984. The zero-order valence-electron chi connectivity index (χ0n) is 6.63. The van der Waals surface area contributed by atoms with Gasteiger partial charge >= 0.3 is 0 Å². The summed E-state index contributed by atoms with van der Waals surface area (Å²) in [5, 5.41) is 0.984. The highest BCUT2D eigenvalue weighted by atomic mass is 32.1. The lowest BCUT2D eigenvalue weighted by atomic mass is 10.4. The van der Waals surface area contributed by atoms with Crippen LogP contribution < -0.4 is 0 Å². The number of nitrogens with zero attached hydrogens (tertiary/aromatic N) is 2. The lowest BCUT2D eigenvalue weighted by Crippen LogP contribution is -2.36. The summed E-state index contributed by atoms with van der Waals surface area (Å²) >= 11 is 5.19. The van der Waals surface area contributed by atoms with E-state index in [0.717, 1.165) is 18.2 Å². The number of thiocarbonyl (C=S) groups is 1. The third-order valence-corrected chi connectivity index (χ3v) is 2.38. The smallest absolute Gasteiger partial charge is 0.171 e. The molecule has 1 fully saturated rings. The fourth-order valence-corrected chi connectivity index (χ4v) is 1.37. The van der Waals surface area contributed by atoms with E-state index < -0.39 is 0 Å². The zero-order chi connectivity index (χ0) is 7.56. The van der Waals surface area contributed by atoms with Crippen molar-refractivity contribution in [3.8, 4) is 0 Å². The third-order valence-electron chi connectivity index (χ3n) is 1.76. The van der Waals surface area contributed by atoms with Crippen LogP contribution in [0.2, 0.25) is 0 Å². The van der Waals surface area contributed by atoms with Crippen molar-refractivity contribution >= 4 is 17.3 Å². The van der Waals surface area contributed by atoms with Gasteiger partial charge in [-0.3, -0.25) is 0 Å². The van der Waals surface area contributed by atoms with Gasteiger partial charge in [0.15, 0.2) is 5.11 Å². The van der Waals surface area contributed by atoms with Crippen LogP contribution in [-0.2, 0) is 0 Å². The fourth-order valence-electron chi connectivity index (χ4n) is 1.19. The zero-order valence-corrected chi connectivity index (χ0v) is 7.45. The van der Waals surface area contributed by atoms with Gasteiger partial charge in [-0.2, -0.15) is 0 Å². The van der Waals surface area contributed by atoms with Gasteiger partial charge in [0.25, 0.3) is 0 Å². The van der Waals surface area contributed by atoms with Gasteiger partial charge in [-0.15, -0.1) is 0 Å². The average molecular weight is 158 g/mol. The SMILES string of the molecule is CN(C)C(=S)N1CCCC1. The Kier molecular flexibility index (Phi) is 2.49. The summed E-state index contributed by atoms with van der Waals surface area (Å²) in [5.74, 6) is 0. The minimum Gasteiger partial charge on any atom is -0.355 e. The van der Waals surface area contributed by atoms with E-state index >= 15 is 0 Å². The molecule has 1 aliphatic heterocycles. The Labute approximate surface area is 67.8 Å². The summed E-state index contributed by atoms with van der Waals surface area (Å²) < 4.78 is 0. The van der Waals surface area contributed by atoms with E-state index in [1.807, 2.05) is 19.0 Å². The maximum absolute atomic E-state index is 5.19. The molecular weight excluding hydrogens is 144 g/mol. The molecule has 1 saturated heterocycles. The van der Waals surface area contributed by atoms with Crippen LogP contribution in [0.3, 0.4) is 0 Å². The molecule has 0 amide bonds. The van der Waals surface area contributed by atoms with Crippen molar-refractivity contribution in [1.29, 1.82) is 0 Å². The molecule has 58 valence electrons. The van der Waals surface area contributed by atoms with Crippen LogP contribution in [0.4, 0.5) is 0 Å². The molecule has 1 heterocycles. The van der Waals surface area contributed by atoms with Gasteiger partial charge < -0.3 is 9.80 Å². The Morgan fingerprint density at radius 1 is 1.30 bits per heavy atom. The molecule has 0 radical (unpaired) electrons. The Morgan fingerprint density at radius 2 is 1.80 bits per heavy atom. The maximum Gasteiger partial charge on any atom is 0.171 e. The summed E-state index contributed by atoms with van der Waals surface area (Å²) in [6.45, 7) is 2.30. The van der Waals surface area contributed by atoms with Crippen molar-refractivity contribution in [2.24, 2.45) is 0 Å². The molecule has 3 heteroatoms. The first-order valence-electron chi connectivity index (χ1n) is 3.68. The topological polar surface area (TPSA) is 6.48 Å². The highest BCUT2D eigenvalue weighted by Crippen LogP contribution is 2.08. The first-order chi connectivity index (χ1) is 4.72. The molecule has 0 spiro atoms. The van der Waals surface area contributed by atoms with Gasteiger partial charge in [-0.1, -0.05) is 0 Å². The van der Waals surface area contributed by atoms with Crippen molar-refractivity contribution in [1.82, 2.24) is 9.80 Å². The fraction of sp³-hybridized carbons (Fsp3) is 0.857. The predicted molar refractivity (Wildman–Crippen MR) is 47.1 cm³/mol. The highest BCUT2D eigenvalue weighted by Gasteiger charge is 2.15. The van der Waals surface area contributed by atoms with Gasteiger partial charge in [0.05, 0.1) is 0 Å². The van der Waals surface area contributed by atoms with Crippen LogP contribution in [0.25, 0.3) is 0 Å². The molecule has 0 N–H and O–H groups in total. The lowest BCUT2D eigenvalue weighted by Gasteiger charge is -2.23. The summed E-state index contributed by atoms with van der Waals surface area (Å²) in [5.41, 5.74) is 0. The van der Waals surface area contributed by atoms with Gasteiger partial charge in [0.1, 0.15) is 0 Å². The molecule has 0 bridgehead atoms. The van der Waals surface area contributed by atoms with E-state index in [0.29, 0.717) is 0 Å². The first-order valence-corrected chi connectivity index (χ1v) is 4.09. The van der Waals surface area contributed by atoms with Gasteiger partial charge in [-0.05, 0) is 25.1 Å². The van der Waals surface area contributed by atoms with E-state index in [1.54, 1.807) is 0 Å². The molecule has 0 atom stereocenters. The van der Waals surface area contributed by atoms with E-state index in [-0.39, 0.29) is 0 Å². The largest absolute Gasteiger partial charge is 0.355 e. The summed E-state index contributed by atoms with van der Waals surface area (Å²) in [6, 6.07) is 0. The minimum absolute atomic E-state index is 0.984. The van der Waals surface area contributed by atoms with Gasteiger partial charge in [-0.25, -0.2) is 0 Å². The van der Waals surface area contributed by atoms with Crippen molar-refractivity contribution in [3.05, 3.63) is 0 Å². The molecule has 0 aromatic rings. The Morgan fingerprint density at radius 3 is 2.20 bits per heavy atom. The Bertz CT molecular complexity index is 128. The first kappa shape index (κ1) is 7.79. The van der Waals surface area contributed by atoms with Crippen LogP contribution in [0.1, 0.15) is 12.8 Å². The molecular formula is C7H14N2S. The Hall–Kier alpha value is -0.310. The third kappa shape index (κ3) is 1.59. The van der Waals surface area contributed by atoms with Crippen LogP contribution >= 0.6 is 12.2 Å². The molecule has 0 aromatic heterocycles. The molecule has 0 unspecified atom stereocenters. The summed E-state index contributed by atoms with van der Waals surface area (Å²) in [7, 11) is 4.00. The molecule has 2 nitrogen and oxygen atoms in total. The molecule has 10 heavy (non-hydrogen) atoms. The second-order valence-corrected chi connectivity index (χ2v) is 3.24. The number of hydrogen-bond donors (Lipinski definition) is 0. The van der Waals surface area contributed by atoms with Gasteiger partial charge in [0, 0.05) is 27.2 Å². The molecule has 1 aliphatic rings. The van der Waals surface area contributed by atoms with Crippen molar-refractivity contribution in [2.75, 3.05) is 27.2 Å². The molecule has 0 aliphatic carbocycles. The maximum atomic E-state index is 5.19. The van der Waals surface area contributed by atoms with Crippen molar-refractivity contribution in [2.45, 2.75) is 12.8 Å². The average Bonchev–Trinajstić information content (AvgIpc) is 2.36. The monoisotopic (exact) mass is 158 g/mol. The van der Waals surface area contributed by atoms with Gasteiger partial charge in [0.2, 0.25) is 0 Å². The van der Waals surface area contributed by atoms with E-state index in [9.17, 15) is 0 Å². The van der Waals surface area contributed by atoms with Crippen LogP contribution in [-0.4, -0.2) is 42.1 Å². The van der Waals surface area contributed by atoms with E-state index in [1.165, 1.54) is 12.8 Å². The number of rotatable bonds is 0. The summed E-state index contributed by atoms with van der Waals surface area (Å²) in [4.78, 5) is 4.26. The quantitative estimate of drug-likeness (QED) is 0.484. The van der Waals surface area contributed by atoms with E-state index in [4.69, 9.17) is 12.2 Å². The van der Waals surface area contributed by atoms with Crippen molar-refractivity contribution < 1.29 is 0 Å². The van der Waals surface area contributed by atoms with E-state index in [2.05, 4.69) is 4.90 Å². The number of hydrogen-bond acceptors (Lipinski definition) is 1. The highest BCUT2D eigenvalue weighted by molar-refractivity contribution is 7.80. The molecule has 0 aromatic carbocycles. The second-order valence-electron chi connectivity index (χ2n) is 2.87. The van der Waals surface area contributed by atoms with Crippen LogP contribution in [0.5, 0.6) is 0 Å². The van der Waals surface area contributed by atoms with Crippen LogP contribution in [0, 0.1) is 0 Å². The predicted octanol–water partition coefficient (Wildman–Crippen LogP) is 0.929. The molecule has 0 saturated carbocycles. The van der Waals surface area contributed by atoms with Crippen molar-refractivity contribution in [3.63, 3.8) is 0 Å².